The fourth-order valence-electron chi connectivity index (χ4n) is 1.67. The minimum absolute atomic E-state index is 0.197. The summed E-state index contributed by atoms with van der Waals surface area (Å²) in [6.45, 7) is 0. The van der Waals surface area contributed by atoms with E-state index in [1.165, 1.54) is 11.8 Å². The summed E-state index contributed by atoms with van der Waals surface area (Å²) >= 11 is 9.38. The summed E-state index contributed by atoms with van der Waals surface area (Å²) in [6, 6.07) is 10.9. The molecule has 0 saturated carbocycles. The number of amidine groups is 1. The lowest BCUT2D eigenvalue weighted by Crippen LogP contribution is -2.19. The van der Waals surface area contributed by atoms with Gasteiger partial charge in [-0.25, -0.2) is 4.99 Å². The SMILES string of the molecule is O=C1NC(=Nc2ccccc2Cl)S/C1=C\c1ccc(I)o1. The Kier molecular flexibility index (Phi) is 4.37. The maximum absolute atomic E-state index is 11.9. The summed E-state index contributed by atoms with van der Waals surface area (Å²) in [5.41, 5.74) is 0.621. The minimum atomic E-state index is -0.197. The Balaban J connectivity index is 1.85. The van der Waals surface area contributed by atoms with Gasteiger partial charge >= 0.3 is 0 Å². The summed E-state index contributed by atoms with van der Waals surface area (Å²) in [7, 11) is 0. The zero-order valence-electron chi connectivity index (χ0n) is 10.5. The number of rotatable bonds is 2. The predicted molar refractivity (Wildman–Crippen MR) is 93.7 cm³/mol. The van der Waals surface area contributed by atoms with E-state index in [-0.39, 0.29) is 5.91 Å². The van der Waals surface area contributed by atoms with Crippen LogP contribution in [-0.4, -0.2) is 11.1 Å². The Morgan fingerprint density at radius 1 is 1.29 bits per heavy atom. The third-order valence-electron chi connectivity index (χ3n) is 2.59. The number of halogens is 2. The highest BCUT2D eigenvalue weighted by atomic mass is 127. The molecule has 1 aromatic carbocycles. The normalized spacial score (nSPS) is 18.5. The van der Waals surface area contributed by atoms with Gasteiger partial charge in [-0.05, 0) is 58.6 Å². The average molecular weight is 431 g/mol. The van der Waals surface area contributed by atoms with Crippen LogP contribution in [-0.2, 0) is 4.79 Å². The first-order chi connectivity index (χ1) is 10.1. The molecule has 1 aliphatic heterocycles. The van der Waals surface area contributed by atoms with Crippen LogP contribution in [0.15, 0.2) is 50.7 Å². The van der Waals surface area contributed by atoms with Gasteiger partial charge in [-0.3, -0.25) is 4.79 Å². The van der Waals surface area contributed by atoms with E-state index in [9.17, 15) is 4.79 Å². The van der Waals surface area contributed by atoms with Gasteiger partial charge in [0.25, 0.3) is 5.91 Å². The van der Waals surface area contributed by atoms with Gasteiger partial charge in [0.15, 0.2) is 8.93 Å². The molecule has 0 unspecified atom stereocenters. The zero-order chi connectivity index (χ0) is 14.8. The molecule has 106 valence electrons. The van der Waals surface area contributed by atoms with Crippen molar-refractivity contribution < 1.29 is 9.21 Å². The van der Waals surface area contributed by atoms with Gasteiger partial charge in [-0.2, -0.15) is 0 Å². The van der Waals surface area contributed by atoms with Gasteiger partial charge in [0.2, 0.25) is 0 Å². The smallest absolute Gasteiger partial charge is 0.264 e. The highest BCUT2D eigenvalue weighted by Gasteiger charge is 2.24. The number of carbonyl (C=O) groups excluding carboxylic acids is 1. The molecule has 0 atom stereocenters. The lowest BCUT2D eigenvalue weighted by molar-refractivity contribution is -0.115. The summed E-state index contributed by atoms with van der Waals surface area (Å²) < 4.78 is 6.19. The third-order valence-corrected chi connectivity index (χ3v) is 4.40. The molecular weight excluding hydrogens is 423 g/mol. The van der Waals surface area contributed by atoms with E-state index in [1.54, 1.807) is 18.2 Å². The number of hydrogen-bond acceptors (Lipinski definition) is 4. The Bertz CT molecular complexity index is 770. The van der Waals surface area contributed by atoms with Crippen LogP contribution in [0, 0.1) is 3.77 Å². The molecule has 4 nitrogen and oxygen atoms in total. The molecule has 1 aliphatic rings. The number of para-hydroxylation sites is 1. The van der Waals surface area contributed by atoms with Crippen molar-refractivity contribution in [2.75, 3.05) is 0 Å². The highest BCUT2D eigenvalue weighted by molar-refractivity contribution is 14.1. The lowest BCUT2D eigenvalue weighted by Gasteiger charge is -1.98. The van der Waals surface area contributed by atoms with E-state index < -0.39 is 0 Å². The second-order valence-corrected chi connectivity index (χ2v) is 6.58. The predicted octanol–water partition coefficient (Wildman–Crippen LogP) is 4.43. The van der Waals surface area contributed by atoms with Crippen LogP contribution in [0.1, 0.15) is 5.76 Å². The quantitative estimate of drug-likeness (QED) is 0.566. The molecule has 1 amide bonds. The summed E-state index contributed by atoms with van der Waals surface area (Å²) in [5, 5.41) is 3.75. The van der Waals surface area contributed by atoms with Crippen molar-refractivity contribution in [3.05, 3.63) is 55.9 Å². The van der Waals surface area contributed by atoms with Crippen LogP contribution in [0.2, 0.25) is 5.02 Å². The van der Waals surface area contributed by atoms with Crippen LogP contribution in [0.5, 0.6) is 0 Å². The Morgan fingerprint density at radius 2 is 2.10 bits per heavy atom. The van der Waals surface area contributed by atoms with Gasteiger partial charge in [0.05, 0.1) is 15.6 Å². The summed E-state index contributed by atoms with van der Waals surface area (Å²) in [5.74, 6) is 0.438. The van der Waals surface area contributed by atoms with Gasteiger partial charge in [-0.1, -0.05) is 23.7 Å². The average Bonchev–Trinajstić information content (AvgIpc) is 3.00. The molecule has 2 aromatic rings. The maximum atomic E-state index is 11.9. The Morgan fingerprint density at radius 3 is 2.81 bits per heavy atom. The van der Waals surface area contributed by atoms with Crippen molar-refractivity contribution in [3.8, 4) is 0 Å². The largest absolute Gasteiger partial charge is 0.451 e. The van der Waals surface area contributed by atoms with Crippen molar-refractivity contribution in [3.63, 3.8) is 0 Å². The second-order valence-electron chi connectivity index (χ2n) is 4.08. The van der Waals surface area contributed by atoms with Gasteiger partial charge in [-0.15, -0.1) is 0 Å². The first-order valence-corrected chi connectivity index (χ1v) is 8.18. The molecule has 1 fully saturated rings. The molecular formula is C14H8ClIN2O2S. The number of aliphatic imine (C=N–C) groups is 1. The van der Waals surface area contributed by atoms with Crippen molar-refractivity contribution in [2.45, 2.75) is 0 Å². The molecule has 1 N–H and O–H groups in total. The van der Waals surface area contributed by atoms with Crippen molar-refractivity contribution in [1.82, 2.24) is 5.32 Å². The van der Waals surface area contributed by atoms with Crippen LogP contribution in [0.25, 0.3) is 6.08 Å². The standard InChI is InChI=1S/C14H8ClIN2O2S/c15-9-3-1-2-4-10(9)17-14-18-13(19)11(21-14)7-8-5-6-12(16)20-8/h1-7H,(H,17,18,19)/b11-7-. The molecule has 7 heteroatoms. The molecule has 2 heterocycles. The number of hydrogen-bond donors (Lipinski definition) is 1. The van der Waals surface area contributed by atoms with Gasteiger partial charge in [0.1, 0.15) is 5.76 Å². The number of carbonyl (C=O) groups is 1. The van der Waals surface area contributed by atoms with Gasteiger partial charge < -0.3 is 9.73 Å². The van der Waals surface area contributed by atoms with E-state index in [0.29, 0.717) is 26.5 Å². The number of benzene rings is 1. The maximum Gasteiger partial charge on any atom is 0.264 e. The molecule has 0 bridgehead atoms. The van der Waals surface area contributed by atoms with E-state index in [4.69, 9.17) is 16.0 Å². The first kappa shape index (κ1) is 14.7. The molecule has 0 aliphatic carbocycles. The van der Waals surface area contributed by atoms with E-state index >= 15 is 0 Å². The number of nitrogens with zero attached hydrogens (tertiary/aromatic N) is 1. The highest BCUT2D eigenvalue weighted by Crippen LogP contribution is 2.30. The zero-order valence-corrected chi connectivity index (χ0v) is 14.2. The molecule has 1 aromatic heterocycles. The van der Waals surface area contributed by atoms with E-state index in [2.05, 4.69) is 32.9 Å². The molecule has 21 heavy (non-hydrogen) atoms. The number of amides is 1. The summed E-state index contributed by atoms with van der Waals surface area (Å²) in [6.07, 6.45) is 1.69. The van der Waals surface area contributed by atoms with Crippen LogP contribution in [0.3, 0.4) is 0 Å². The molecule has 0 radical (unpaired) electrons. The molecule has 3 rings (SSSR count). The van der Waals surface area contributed by atoms with E-state index in [0.717, 1.165) is 3.77 Å². The van der Waals surface area contributed by atoms with Crippen molar-refractivity contribution in [1.29, 1.82) is 0 Å². The number of thioether (sulfide) groups is 1. The van der Waals surface area contributed by atoms with Crippen molar-refractivity contribution in [2.24, 2.45) is 4.99 Å². The minimum Gasteiger partial charge on any atom is -0.451 e. The Hall–Kier alpha value is -1.25. The second kappa shape index (κ2) is 6.25. The molecule has 1 saturated heterocycles. The monoisotopic (exact) mass is 430 g/mol. The third kappa shape index (κ3) is 3.50. The van der Waals surface area contributed by atoms with Crippen LogP contribution >= 0.6 is 46.0 Å². The summed E-state index contributed by atoms with van der Waals surface area (Å²) in [4.78, 5) is 16.8. The first-order valence-electron chi connectivity index (χ1n) is 5.91. The van der Waals surface area contributed by atoms with Crippen LogP contribution in [0.4, 0.5) is 5.69 Å². The molecule has 0 spiro atoms. The number of nitrogens with one attached hydrogen (secondary N) is 1. The lowest BCUT2D eigenvalue weighted by atomic mass is 10.3. The Labute approximate surface area is 143 Å². The van der Waals surface area contributed by atoms with Crippen LogP contribution < -0.4 is 5.32 Å². The fourth-order valence-corrected chi connectivity index (χ4v) is 3.09. The number of furan rings is 1. The van der Waals surface area contributed by atoms with Gasteiger partial charge in [0, 0.05) is 6.08 Å². The topological polar surface area (TPSA) is 54.6 Å². The van der Waals surface area contributed by atoms with E-state index in [1.807, 2.05) is 24.3 Å². The fraction of sp³-hybridized carbons (Fsp3) is 0. The van der Waals surface area contributed by atoms with Crippen molar-refractivity contribution >= 4 is 68.8 Å².